The molecule has 2 heterocycles. The summed E-state index contributed by atoms with van der Waals surface area (Å²) in [5, 5.41) is 0. The van der Waals surface area contributed by atoms with Crippen LogP contribution in [0.5, 0.6) is 0 Å². The van der Waals surface area contributed by atoms with Crippen LogP contribution in [0.15, 0.2) is 27.9 Å². The highest BCUT2D eigenvalue weighted by Gasteiger charge is 2.30. The van der Waals surface area contributed by atoms with Gasteiger partial charge in [0, 0.05) is 39.1 Å². The topological polar surface area (TPSA) is 132 Å². The van der Waals surface area contributed by atoms with E-state index in [0.717, 1.165) is 0 Å². The van der Waals surface area contributed by atoms with E-state index in [2.05, 4.69) is 9.97 Å². The molecule has 1 aromatic heterocycles. The van der Waals surface area contributed by atoms with Gasteiger partial charge in [-0.3, -0.25) is 4.79 Å². The summed E-state index contributed by atoms with van der Waals surface area (Å²) in [7, 11) is -3.67. The van der Waals surface area contributed by atoms with E-state index in [0.29, 0.717) is 24.1 Å². The number of hydrogen-bond donors (Lipinski definition) is 3. The Morgan fingerprint density at radius 2 is 1.79 bits per heavy atom. The van der Waals surface area contributed by atoms with Gasteiger partial charge in [-0.1, -0.05) is 0 Å². The van der Waals surface area contributed by atoms with Gasteiger partial charge in [0.25, 0.3) is 0 Å². The number of sulfonamides is 1. The molecule has 0 radical (unpaired) electrons. The number of imidazole rings is 1. The lowest BCUT2D eigenvalue weighted by Gasteiger charge is -2.34. The van der Waals surface area contributed by atoms with Gasteiger partial charge < -0.3 is 20.6 Å². The van der Waals surface area contributed by atoms with Gasteiger partial charge in [0.05, 0.1) is 15.9 Å². The van der Waals surface area contributed by atoms with Gasteiger partial charge in [-0.15, -0.1) is 0 Å². The predicted molar refractivity (Wildman–Crippen MR) is 87.9 cm³/mol. The van der Waals surface area contributed by atoms with Crippen LogP contribution in [-0.4, -0.2) is 66.2 Å². The molecule has 130 valence electrons. The average molecular weight is 353 g/mol. The zero-order chi connectivity index (χ0) is 17.3. The molecule has 3 rings (SSSR count). The van der Waals surface area contributed by atoms with Crippen LogP contribution in [0.1, 0.15) is 6.42 Å². The van der Waals surface area contributed by atoms with Gasteiger partial charge in [-0.25, -0.2) is 13.2 Å². The van der Waals surface area contributed by atoms with E-state index in [1.807, 2.05) is 0 Å². The lowest BCUT2D eigenvalue weighted by molar-refractivity contribution is -0.132. The van der Waals surface area contributed by atoms with E-state index in [4.69, 9.17) is 5.73 Å². The van der Waals surface area contributed by atoms with Crippen LogP contribution in [0, 0.1) is 0 Å². The maximum Gasteiger partial charge on any atom is 0.323 e. The number of nitrogens with one attached hydrogen (secondary N) is 2. The number of rotatable bonds is 4. The molecule has 0 saturated carbocycles. The maximum atomic E-state index is 12.7. The molecule has 1 aliphatic rings. The molecule has 0 bridgehead atoms. The Bertz CT molecular complexity index is 909. The van der Waals surface area contributed by atoms with Crippen molar-refractivity contribution in [1.82, 2.24) is 19.2 Å². The molecule has 24 heavy (non-hydrogen) atoms. The van der Waals surface area contributed by atoms with E-state index >= 15 is 0 Å². The molecule has 1 fully saturated rings. The minimum absolute atomic E-state index is 0.0548. The molecule has 2 aromatic rings. The second-order valence-electron chi connectivity index (χ2n) is 5.61. The highest BCUT2D eigenvalue weighted by Crippen LogP contribution is 2.20. The summed E-state index contributed by atoms with van der Waals surface area (Å²) in [5.74, 6) is -0.0548. The monoisotopic (exact) mass is 353 g/mol. The van der Waals surface area contributed by atoms with E-state index in [9.17, 15) is 18.0 Å². The van der Waals surface area contributed by atoms with Crippen LogP contribution in [0.4, 0.5) is 0 Å². The number of nitrogens with two attached hydrogens (primary N) is 1. The highest BCUT2D eigenvalue weighted by atomic mass is 32.2. The molecule has 1 aliphatic heterocycles. The lowest BCUT2D eigenvalue weighted by Crippen LogP contribution is -2.50. The molecule has 0 spiro atoms. The summed E-state index contributed by atoms with van der Waals surface area (Å²) >= 11 is 0. The molecule has 0 atom stereocenters. The summed E-state index contributed by atoms with van der Waals surface area (Å²) in [4.78, 5) is 30.0. The van der Waals surface area contributed by atoms with Gasteiger partial charge in [0.1, 0.15) is 0 Å². The first kappa shape index (κ1) is 16.7. The summed E-state index contributed by atoms with van der Waals surface area (Å²) in [6.45, 7) is 1.45. The average Bonchev–Trinajstić information content (AvgIpc) is 2.94. The van der Waals surface area contributed by atoms with Crippen LogP contribution >= 0.6 is 0 Å². The largest absolute Gasteiger partial charge is 0.340 e. The molecule has 0 aliphatic carbocycles. The van der Waals surface area contributed by atoms with Crippen molar-refractivity contribution in [2.45, 2.75) is 11.3 Å². The fraction of sp³-hybridized carbons (Fsp3) is 0.429. The summed E-state index contributed by atoms with van der Waals surface area (Å²) in [6.07, 6.45) is 0.268. The van der Waals surface area contributed by atoms with Crippen molar-refractivity contribution >= 4 is 27.0 Å². The second-order valence-corrected chi connectivity index (χ2v) is 7.55. The van der Waals surface area contributed by atoms with Crippen molar-refractivity contribution in [3.63, 3.8) is 0 Å². The Hall–Kier alpha value is -2.17. The van der Waals surface area contributed by atoms with Crippen molar-refractivity contribution in [3.8, 4) is 0 Å². The Balaban J connectivity index is 1.78. The van der Waals surface area contributed by atoms with Gasteiger partial charge >= 0.3 is 5.69 Å². The quantitative estimate of drug-likeness (QED) is 0.651. The Kier molecular flexibility index (Phi) is 4.43. The molecule has 0 unspecified atom stereocenters. The second kappa shape index (κ2) is 6.38. The Morgan fingerprint density at radius 3 is 2.46 bits per heavy atom. The summed E-state index contributed by atoms with van der Waals surface area (Å²) < 4.78 is 26.8. The number of piperazine rings is 1. The first-order valence-corrected chi connectivity index (χ1v) is 9.06. The molecule has 1 saturated heterocycles. The van der Waals surface area contributed by atoms with Gasteiger partial charge in [0.2, 0.25) is 15.9 Å². The molecule has 1 amide bonds. The van der Waals surface area contributed by atoms with Crippen molar-refractivity contribution < 1.29 is 13.2 Å². The minimum atomic E-state index is -3.67. The van der Waals surface area contributed by atoms with Crippen molar-refractivity contribution in [2.75, 3.05) is 32.7 Å². The number of H-pyrrole nitrogens is 2. The van der Waals surface area contributed by atoms with Crippen LogP contribution in [-0.2, 0) is 14.8 Å². The predicted octanol–water partition coefficient (Wildman–Crippen LogP) is -0.962. The number of nitrogens with zero attached hydrogens (tertiary/aromatic N) is 2. The third-order valence-electron chi connectivity index (χ3n) is 4.07. The zero-order valence-corrected chi connectivity index (χ0v) is 13.8. The van der Waals surface area contributed by atoms with E-state index < -0.39 is 10.0 Å². The normalized spacial score (nSPS) is 16.6. The molecule has 4 N–H and O–H groups in total. The minimum Gasteiger partial charge on any atom is -0.340 e. The van der Waals surface area contributed by atoms with E-state index in [1.165, 1.54) is 16.4 Å². The summed E-state index contributed by atoms with van der Waals surface area (Å²) in [6, 6.07) is 4.46. The number of carbonyl (C=O) groups is 1. The van der Waals surface area contributed by atoms with E-state index in [1.54, 1.807) is 11.0 Å². The van der Waals surface area contributed by atoms with Crippen molar-refractivity contribution in [1.29, 1.82) is 0 Å². The highest BCUT2D eigenvalue weighted by molar-refractivity contribution is 7.89. The smallest absolute Gasteiger partial charge is 0.323 e. The SMILES string of the molecule is NCCC(=O)N1CCN(S(=O)(=O)c2ccc3[nH]c(=O)[nH]c3c2)CC1. The fourth-order valence-corrected chi connectivity index (χ4v) is 4.23. The van der Waals surface area contributed by atoms with E-state index in [-0.39, 0.29) is 42.5 Å². The number of benzene rings is 1. The number of hydrogen-bond acceptors (Lipinski definition) is 5. The fourth-order valence-electron chi connectivity index (χ4n) is 2.78. The third kappa shape index (κ3) is 3.07. The summed E-state index contributed by atoms with van der Waals surface area (Å²) in [5.41, 5.74) is 5.99. The molecular weight excluding hydrogens is 334 g/mol. The van der Waals surface area contributed by atoms with Crippen LogP contribution in [0.25, 0.3) is 11.0 Å². The maximum absolute atomic E-state index is 12.7. The molecule has 10 heteroatoms. The lowest BCUT2D eigenvalue weighted by atomic mass is 10.3. The molecule has 1 aromatic carbocycles. The zero-order valence-electron chi connectivity index (χ0n) is 13.0. The number of carbonyl (C=O) groups excluding carboxylic acids is 1. The third-order valence-corrected chi connectivity index (χ3v) is 5.97. The van der Waals surface area contributed by atoms with Crippen molar-refractivity contribution in [2.24, 2.45) is 5.73 Å². The first-order chi connectivity index (χ1) is 11.4. The van der Waals surface area contributed by atoms with Crippen LogP contribution in [0.2, 0.25) is 0 Å². The first-order valence-electron chi connectivity index (χ1n) is 7.62. The van der Waals surface area contributed by atoms with Gasteiger partial charge in [0.15, 0.2) is 0 Å². The Labute approximate surface area is 138 Å². The number of fused-ring (bicyclic) bond motifs is 1. The Morgan fingerprint density at radius 1 is 1.12 bits per heavy atom. The molecular formula is C14H19N5O4S. The van der Waals surface area contributed by atoms with Crippen molar-refractivity contribution in [3.05, 3.63) is 28.7 Å². The van der Waals surface area contributed by atoms with Gasteiger partial charge in [-0.05, 0) is 18.2 Å². The number of amides is 1. The van der Waals surface area contributed by atoms with Crippen LogP contribution < -0.4 is 11.4 Å². The van der Waals surface area contributed by atoms with Gasteiger partial charge in [-0.2, -0.15) is 4.31 Å². The van der Waals surface area contributed by atoms with Crippen LogP contribution in [0.3, 0.4) is 0 Å². The number of aromatic nitrogens is 2. The number of aromatic amines is 2. The molecule has 9 nitrogen and oxygen atoms in total. The standard InChI is InChI=1S/C14H19N5O4S/c15-4-3-13(20)18-5-7-19(8-6-18)24(22,23)10-1-2-11-12(9-10)17-14(21)16-11/h1-2,9H,3-8,15H2,(H2,16,17,21).